The number of carboxylic acids is 1. The number of nitrogens with two attached hydrogens (primary N) is 1. The second kappa shape index (κ2) is 8.03. The molecule has 17 heavy (non-hydrogen) atoms. The summed E-state index contributed by atoms with van der Waals surface area (Å²) in [4.78, 5) is 22.5. The van der Waals surface area contributed by atoms with E-state index in [0.29, 0.717) is 6.42 Å². The molecule has 6 nitrogen and oxygen atoms in total. The fourth-order valence-electron chi connectivity index (χ4n) is 1.39. The Morgan fingerprint density at radius 2 is 2.00 bits per heavy atom. The van der Waals surface area contributed by atoms with Crippen molar-refractivity contribution in [2.75, 3.05) is 13.7 Å². The van der Waals surface area contributed by atoms with E-state index < -0.39 is 24.0 Å². The van der Waals surface area contributed by atoms with Crippen molar-refractivity contribution in [1.29, 1.82) is 0 Å². The summed E-state index contributed by atoms with van der Waals surface area (Å²) >= 11 is 0. The van der Waals surface area contributed by atoms with E-state index in [1.807, 2.05) is 13.8 Å². The predicted octanol–water partition coefficient (Wildman–Crippen LogP) is -0.0343. The molecule has 0 spiro atoms. The Hall–Kier alpha value is -1.14. The van der Waals surface area contributed by atoms with Gasteiger partial charge in [0.2, 0.25) is 5.91 Å². The number of aliphatic carboxylic acids is 1. The van der Waals surface area contributed by atoms with Crippen LogP contribution in [-0.4, -0.2) is 42.8 Å². The third kappa shape index (κ3) is 6.91. The minimum absolute atomic E-state index is 0.228. The molecule has 0 heterocycles. The molecule has 1 amide bonds. The van der Waals surface area contributed by atoms with Gasteiger partial charge in [-0.2, -0.15) is 0 Å². The highest BCUT2D eigenvalue weighted by molar-refractivity contribution is 5.86. The molecule has 1 unspecified atom stereocenters. The normalized spacial score (nSPS) is 14.4. The largest absolute Gasteiger partial charge is 0.480 e. The van der Waals surface area contributed by atoms with Gasteiger partial charge in [0, 0.05) is 20.1 Å². The van der Waals surface area contributed by atoms with Crippen LogP contribution in [0.4, 0.5) is 0 Å². The lowest BCUT2D eigenvalue weighted by atomic mass is 10.0. The first-order valence-corrected chi connectivity index (χ1v) is 5.66. The maximum Gasteiger partial charge on any atom is 0.326 e. The Kier molecular flexibility index (Phi) is 7.49. The number of ether oxygens (including phenoxy) is 1. The van der Waals surface area contributed by atoms with Crippen molar-refractivity contribution in [1.82, 2.24) is 5.32 Å². The molecule has 4 N–H and O–H groups in total. The van der Waals surface area contributed by atoms with Crippen molar-refractivity contribution >= 4 is 11.9 Å². The van der Waals surface area contributed by atoms with Crippen LogP contribution in [0.3, 0.4) is 0 Å². The smallest absolute Gasteiger partial charge is 0.326 e. The number of hydrogen-bond acceptors (Lipinski definition) is 4. The minimum Gasteiger partial charge on any atom is -0.480 e. The first-order valence-electron chi connectivity index (χ1n) is 5.66. The van der Waals surface area contributed by atoms with Gasteiger partial charge in [0.25, 0.3) is 0 Å². The summed E-state index contributed by atoms with van der Waals surface area (Å²) in [5.41, 5.74) is 5.66. The summed E-state index contributed by atoms with van der Waals surface area (Å²) in [5, 5.41) is 11.3. The molecule has 0 aromatic carbocycles. The topological polar surface area (TPSA) is 102 Å². The molecule has 0 aromatic rings. The zero-order valence-electron chi connectivity index (χ0n) is 10.6. The zero-order valence-corrected chi connectivity index (χ0v) is 10.6. The standard InChI is InChI=1S/C11H22N2O4/c1-7(2)6-8(12)10(14)13-9(11(15)16)4-5-17-3/h7-9H,4-6,12H2,1-3H3,(H,13,14)(H,15,16)/t8-,9?/m1/s1. The second-order valence-electron chi connectivity index (χ2n) is 4.42. The van der Waals surface area contributed by atoms with Crippen LogP contribution < -0.4 is 11.1 Å². The van der Waals surface area contributed by atoms with Crippen molar-refractivity contribution in [3.8, 4) is 0 Å². The van der Waals surface area contributed by atoms with Crippen LogP contribution in [0.1, 0.15) is 26.7 Å². The third-order valence-electron chi connectivity index (χ3n) is 2.29. The Labute approximate surface area is 102 Å². The average molecular weight is 246 g/mol. The molecule has 2 atom stereocenters. The molecule has 0 fully saturated rings. The van der Waals surface area contributed by atoms with Crippen LogP contribution in [0.15, 0.2) is 0 Å². The van der Waals surface area contributed by atoms with Gasteiger partial charge in [0.15, 0.2) is 0 Å². The number of amides is 1. The van der Waals surface area contributed by atoms with E-state index in [4.69, 9.17) is 15.6 Å². The first kappa shape index (κ1) is 15.9. The molecule has 0 saturated heterocycles. The van der Waals surface area contributed by atoms with E-state index in [9.17, 15) is 9.59 Å². The Balaban J connectivity index is 4.24. The van der Waals surface area contributed by atoms with Crippen LogP contribution >= 0.6 is 0 Å². The maximum absolute atomic E-state index is 11.6. The lowest BCUT2D eigenvalue weighted by Crippen LogP contribution is -2.49. The molecule has 0 aromatic heterocycles. The van der Waals surface area contributed by atoms with Crippen molar-refractivity contribution in [2.45, 2.75) is 38.8 Å². The molecule has 100 valence electrons. The molecule has 0 aliphatic carbocycles. The van der Waals surface area contributed by atoms with Crippen molar-refractivity contribution in [3.05, 3.63) is 0 Å². The van der Waals surface area contributed by atoms with E-state index in [1.54, 1.807) is 0 Å². The van der Waals surface area contributed by atoms with Crippen molar-refractivity contribution < 1.29 is 19.4 Å². The summed E-state index contributed by atoms with van der Waals surface area (Å²) in [7, 11) is 1.48. The SMILES string of the molecule is COCCC(NC(=O)[C@H](N)CC(C)C)C(=O)O. The summed E-state index contributed by atoms with van der Waals surface area (Å²) in [6.45, 7) is 4.18. The zero-order chi connectivity index (χ0) is 13.4. The number of methoxy groups -OCH3 is 1. The van der Waals surface area contributed by atoms with Gasteiger partial charge >= 0.3 is 5.97 Å². The monoisotopic (exact) mass is 246 g/mol. The number of carbonyl (C=O) groups excluding carboxylic acids is 1. The molecule has 6 heteroatoms. The van der Waals surface area contributed by atoms with Crippen LogP contribution in [0.2, 0.25) is 0 Å². The van der Waals surface area contributed by atoms with Gasteiger partial charge < -0.3 is 20.9 Å². The van der Waals surface area contributed by atoms with Crippen LogP contribution in [0.5, 0.6) is 0 Å². The molecule has 0 bridgehead atoms. The van der Waals surface area contributed by atoms with E-state index >= 15 is 0 Å². The van der Waals surface area contributed by atoms with Gasteiger partial charge in [-0.15, -0.1) is 0 Å². The second-order valence-corrected chi connectivity index (χ2v) is 4.42. The van der Waals surface area contributed by atoms with Gasteiger partial charge in [-0.3, -0.25) is 4.79 Å². The van der Waals surface area contributed by atoms with E-state index in [0.717, 1.165) is 0 Å². The number of rotatable bonds is 8. The summed E-state index contributed by atoms with van der Waals surface area (Å²) in [5.74, 6) is -1.22. The molecule has 0 rings (SSSR count). The van der Waals surface area contributed by atoms with E-state index in [2.05, 4.69) is 5.32 Å². The Morgan fingerprint density at radius 1 is 1.41 bits per heavy atom. The first-order chi connectivity index (χ1) is 7.88. The number of carbonyl (C=O) groups is 2. The minimum atomic E-state index is -1.08. The quantitative estimate of drug-likeness (QED) is 0.558. The Morgan fingerprint density at radius 3 is 2.41 bits per heavy atom. The summed E-state index contributed by atoms with van der Waals surface area (Å²) in [6, 6.07) is -1.61. The fraction of sp³-hybridized carbons (Fsp3) is 0.818. The summed E-state index contributed by atoms with van der Waals surface area (Å²) in [6.07, 6.45) is 0.758. The van der Waals surface area contributed by atoms with Crippen molar-refractivity contribution in [3.63, 3.8) is 0 Å². The van der Waals surface area contributed by atoms with Gasteiger partial charge in [-0.05, 0) is 12.3 Å². The number of nitrogens with one attached hydrogen (secondary N) is 1. The third-order valence-corrected chi connectivity index (χ3v) is 2.29. The molecular formula is C11H22N2O4. The average Bonchev–Trinajstić information content (AvgIpc) is 2.22. The fourth-order valence-corrected chi connectivity index (χ4v) is 1.39. The van der Waals surface area contributed by atoms with Gasteiger partial charge in [-0.1, -0.05) is 13.8 Å². The van der Waals surface area contributed by atoms with Gasteiger partial charge in [-0.25, -0.2) is 4.79 Å². The number of hydrogen-bond donors (Lipinski definition) is 3. The maximum atomic E-state index is 11.6. The summed E-state index contributed by atoms with van der Waals surface area (Å²) < 4.78 is 4.78. The van der Waals surface area contributed by atoms with Crippen molar-refractivity contribution in [2.24, 2.45) is 11.7 Å². The van der Waals surface area contributed by atoms with Gasteiger partial charge in [0.1, 0.15) is 6.04 Å². The number of carboxylic acid groups (broad SMARTS) is 1. The van der Waals surface area contributed by atoms with Crippen LogP contribution in [0, 0.1) is 5.92 Å². The molecular weight excluding hydrogens is 224 g/mol. The predicted molar refractivity (Wildman–Crippen MR) is 63.5 cm³/mol. The van der Waals surface area contributed by atoms with E-state index in [1.165, 1.54) is 7.11 Å². The lowest BCUT2D eigenvalue weighted by molar-refractivity contribution is -0.142. The molecule has 0 aliphatic heterocycles. The van der Waals surface area contributed by atoms with Crippen LogP contribution in [0.25, 0.3) is 0 Å². The lowest BCUT2D eigenvalue weighted by Gasteiger charge is -2.18. The van der Waals surface area contributed by atoms with Crippen LogP contribution in [-0.2, 0) is 14.3 Å². The highest BCUT2D eigenvalue weighted by atomic mass is 16.5. The molecule has 0 saturated carbocycles. The highest BCUT2D eigenvalue weighted by Gasteiger charge is 2.23. The van der Waals surface area contributed by atoms with Gasteiger partial charge in [0.05, 0.1) is 6.04 Å². The Bertz CT molecular complexity index is 256. The molecule has 0 radical (unpaired) electrons. The molecule has 0 aliphatic rings. The van der Waals surface area contributed by atoms with E-state index in [-0.39, 0.29) is 18.9 Å². The highest BCUT2D eigenvalue weighted by Crippen LogP contribution is 2.03.